The molecule has 0 amide bonds. The number of benzene rings is 1. The van der Waals surface area contributed by atoms with Crippen LogP contribution in [0.3, 0.4) is 0 Å². The lowest BCUT2D eigenvalue weighted by atomic mass is 9.92. The second-order valence-electron chi connectivity index (χ2n) is 7.17. The fourth-order valence-electron chi connectivity index (χ4n) is 2.45. The normalized spacial score (nSPS) is 15.8. The van der Waals surface area contributed by atoms with Gasteiger partial charge in [0.05, 0.1) is 12.2 Å². The highest BCUT2D eigenvalue weighted by atomic mass is 32.2. The minimum absolute atomic E-state index is 0.0882. The molecule has 2 aromatic rings. The number of aromatic nitrogens is 2. The Morgan fingerprint density at radius 1 is 1.22 bits per heavy atom. The Labute approximate surface area is 137 Å². The highest BCUT2D eigenvalue weighted by Gasteiger charge is 2.34. The molecule has 1 fully saturated rings. The Balaban J connectivity index is 1.97. The summed E-state index contributed by atoms with van der Waals surface area (Å²) in [6.45, 7) is 6.51. The van der Waals surface area contributed by atoms with E-state index < -0.39 is 10.0 Å². The van der Waals surface area contributed by atoms with E-state index in [-0.39, 0.29) is 11.5 Å². The van der Waals surface area contributed by atoms with Crippen LogP contribution in [0.4, 0.5) is 0 Å². The summed E-state index contributed by atoms with van der Waals surface area (Å²) in [6, 6.07) is 10.0. The third kappa shape index (κ3) is 3.82. The highest BCUT2D eigenvalue weighted by Crippen LogP contribution is 2.29. The maximum atomic E-state index is 12.7. The minimum atomic E-state index is -3.52. The van der Waals surface area contributed by atoms with Gasteiger partial charge in [-0.3, -0.25) is 4.68 Å². The lowest BCUT2D eigenvalue weighted by Crippen LogP contribution is -2.28. The molecule has 0 radical (unpaired) electrons. The molecular weight excluding hydrogens is 310 g/mol. The number of nitrogens with one attached hydrogen (secondary N) is 1. The van der Waals surface area contributed by atoms with Crippen molar-refractivity contribution in [2.75, 3.05) is 0 Å². The molecule has 0 atom stereocenters. The van der Waals surface area contributed by atoms with Crippen molar-refractivity contribution < 1.29 is 8.42 Å². The van der Waals surface area contributed by atoms with E-state index in [1.807, 2.05) is 51.1 Å². The molecule has 1 saturated carbocycles. The van der Waals surface area contributed by atoms with Gasteiger partial charge in [0.15, 0.2) is 0 Å². The second-order valence-corrected chi connectivity index (χ2v) is 8.85. The number of nitrogens with zero attached hydrogens (tertiary/aromatic N) is 2. The van der Waals surface area contributed by atoms with Gasteiger partial charge < -0.3 is 0 Å². The third-order valence-corrected chi connectivity index (χ3v) is 5.34. The number of hydrogen-bond acceptors (Lipinski definition) is 3. The summed E-state index contributed by atoms with van der Waals surface area (Å²) in [5.74, 6) is 0. The van der Waals surface area contributed by atoms with Crippen molar-refractivity contribution in [1.29, 1.82) is 0 Å². The Morgan fingerprint density at radius 2 is 1.87 bits per heavy atom. The van der Waals surface area contributed by atoms with Gasteiger partial charge in [0.1, 0.15) is 4.90 Å². The van der Waals surface area contributed by atoms with Crippen LogP contribution >= 0.6 is 0 Å². The molecule has 6 heteroatoms. The highest BCUT2D eigenvalue weighted by molar-refractivity contribution is 7.89. The molecule has 3 rings (SSSR count). The van der Waals surface area contributed by atoms with Crippen molar-refractivity contribution in [1.82, 2.24) is 14.5 Å². The molecule has 0 aliphatic heterocycles. The van der Waals surface area contributed by atoms with E-state index in [0.717, 1.165) is 18.4 Å². The van der Waals surface area contributed by atoms with E-state index >= 15 is 0 Å². The third-order valence-electron chi connectivity index (χ3n) is 3.81. The minimum Gasteiger partial charge on any atom is -0.267 e. The molecule has 5 nitrogen and oxygen atoms in total. The number of sulfonamides is 1. The molecular formula is C17H23N3O2S. The molecule has 1 aromatic heterocycles. The van der Waals surface area contributed by atoms with Crippen LogP contribution < -0.4 is 4.72 Å². The molecule has 124 valence electrons. The number of rotatable bonds is 5. The van der Waals surface area contributed by atoms with Crippen molar-refractivity contribution in [3.8, 4) is 0 Å². The summed E-state index contributed by atoms with van der Waals surface area (Å²) in [5, 5.41) is 4.57. The summed E-state index contributed by atoms with van der Waals surface area (Å²) in [6.07, 6.45) is 3.49. The van der Waals surface area contributed by atoms with E-state index in [2.05, 4.69) is 9.82 Å². The summed E-state index contributed by atoms with van der Waals surface area (Å²) in [4.78, 5) is 0.299. The van der Waals surface area contributed by atoms with Gasteiger partial charge in [0.2, 0.25) is 10.0 Å². The van der Waals surface area contributed by atoms with Crippen molar-refractivity contribution in [3.05, 3.63) is 47.8 Å². The fourth-order valence-corrected chi connectivity index (χ4v) is 4.12. The van der Waals surface area contributed by atoms with Crippen LogP contribution in [-0.4, -0.2) is 24.2 Å². The maximum absolute atomic E-state index is 12.7. The molecule has 1 aliphatic carbocycles. The molecule has 23 heavy (non-hydrogen) atoms. The first-order valence-corrected chi connectivity index (χ1v) is 9.38. The monoisotopic (exact) mass is 333 g/mol. The van der Waals surface area contributed by atoms with Crippen molar-refractivity contribution in [2.45, 2.75) is 56.5 Å². The van der Waals surface area contributed by atoms with Gasteiger partial charge in [0, 0.05) is 17.7 Å². The summed E-state index contributed by atoms with van der Waals surface area (Å²) in [5.41, 5.74) is 1.37. The first kappa shape index (κ1) is 16.2. The van der Waals surface area contributed by atoms with Gasteiger partial charge in [-0.25, -0.2) is 13.1 Å². The average Bonchev–Trinajstić information content (AvgIpc) is 3.14. The van der Waals surface area contributed by atoms with Crippen LogP contribution in [0.1, 0.15) is 44.9 Å². The van der Waals surface area contributed by atoms with Crippen LogP contribution in [0.2, 0.25) is 0 Å². The van der Waals surface area contributed by atoms with Gasteiger partial charge in [0.25, 0.3) is 0 Å². The SMILES string of the molecule is CC(C)(C)c1nn(Cc2ccccc2)cc1S(=O)(=O)NC1CC1. The van der Waals surface area contributed by atoms with E-state index in [9.17, 15) is 8.42 Å². The summed E-state index contributed by atoms with van der Waals surface area (Å²) >= 11 is 0. The zero-order valence-corrected chi connectivity index (χ0v) is 14.6. The van der Waals surface area contributed by atoms with Gasteiger partial charge in [-0.05, 0) is 18.4 Å². The van der Waals surface area contributed by atoms with Crippen LogP contribution in [0.15, 0.2) is 41.4 Å². The predicted octanol–water partition coefficient (Wildman–Crippen LogP) is 2.67. The van der Waals surface area contributed by atoms with Gasteiger partial charge in [-0.2, -0.15) is 5.10 Å². The summed E-state index contributed by atoms with van der Waals surface area (Å²) < 4.78 is 29.8. The van der Waals surface area contributed by atoms with E-state index in [4.69, 9.17) is 0 Å². The van der Waals surface area contributed by atoms with Crippen molar-refractivity contribution in [3.63, 3.8) is 0 Å². The van der Waals surface area contributed by atoms with E-state index in [0.29, 0.717) is 17.1 Å². The van der Waals surface area contributed by atoms with Crippen molar-refractivity contribution in [2.24, 2.45) is 0 Å². The molecule has 0 bridgehead atoms. The smallest absolute Gasteiger partial charge is 0.244 e. The first-order valence-electron chi connectivity index (χ1n) is 7.90. The Kier molecular flexibility index (Phi) is 4.06. The topological polar surface area (TPSA) is 64.0 Å². The fraction of sp³-hybridized carbons (Fsp3) is 0.471. The summed E-state index contributed by atoms with van der Waals surface area (Å²) in [7, 11) is -3.52. The standard InChI is InChI=1S/C17H23N3O2S/c1-17(2,3)16-15(23(21,22)19-14-9-10-14)12-20(18-16)11-13-7-5-4-6-8-13/h4-8,12,14,19H,9-11H2,1-3H3. The zero-order chi connectivity index (χ0) is 16.7. The predicted molar refractivity (Wildman–Crippen MR) is 89.8 cm³/mol. The zero-order valence-electron chi connectivity index (χ0n) is 13.8. The molecule has 1 heterocycles. The van der Waals surface area contributed by atoms with Gasteiger partial charge in [-0.15, -0.1) is 0 Å². The van der Waals surface area contributed by atoms with Gasteiger partial charge >= 0.3 is 0 Å². The molecule has 0 unspecified atom stereocenters. The first-order chi connectivity index (χ1) is 10.8. The second kappa shape index (κ2) is 5.76. The van der Waals surface area contributed by atoms with Crippen molar-refractivity contribution >= 4 is 10.0 Å². The largest absolute Gasteiger partial charge is 0.267 e. The molecule has 1 aromatic carbocycles. The maximum Gasteiger partial charge on any atom is 0.244 e. The molecule has 1 aliphatic rings. The van der Waals surface area contributed by atoms with Crippen LogP contribution in [-0.2, 0) is 22.0 Å². The average molecular weight is 333 g/mol. The van der Waals surface area contributed by atoms with E-state index in [1.165, 1.54) is 0 Å². The lowest BCUT2D eigenvalue weighted by molar-refractivity contribution is 0.531. The molecule has 1 N–H and O–H groups in total. The van der Waals surface area contributed by atoms with Gasteiger partial charge in [-0.1, -0.05) is 51.1 Å². The van der Waals surface area contributed by atoms with Crippen LogP contribution in [0, 0.1) is 0 Å². The Hall–Kier alpha value is -1.66. The Bertz CT molecular complexity index is 785. The molecule has 0 saturated heterocycles. The Morgan fingerprint density at radius 3 is 2.43 bits per heavy atom. The van der Waals surface area contributed by atoms with Crippen LogP contribution in [0.25, 0.3) is 0 Å². The molecule has 0 spiro atoms. The lowest BCUT2D eigenvalue weighted by Gasteiger charge is -2.17. The number of hydrogen-bond donors (Lipinski definition) is 1. The van der Waals surface area contributed by atoms with Crippen LogP contribution in [0.5, 0.6) is 0 Å². The quantitative estimate of drug-likeness (QED) is 0.915. The van der Waals surface area contributed by atoms with E-state index in [1.54, 1.807) is 10.9 Å².